The van der Waals surface area contributed by atoms with Crippen molar-refractivity contribution in [3.05, 3.63) is 393 Å². The van der Waals surface area contributed by atoms with Gasteiger partial charge in [-0.15, -0.1) is 0 Å². The van der Waals surface area contributed by atoms with Crippen LogP contribution in [0.15, 0.2) is 309 Å². The van der Waals surface area contributed by atoms with Crippen LogP contribution in [0.3, 0.4) is 0 Å². The lowest BCUT2D eigenvalue weighted by atomic mass is 9.65. The van der Waals surface area contributed by atoms with Crippen molar-refractivity contribution in [1.82, 2.24) is 0 Å². The molecule has 0 saturated heterocycles. The molecule has 85 heavy (non-hydrogen) atoms. The third kappa shape index (κ3) is 5.87. The highest BCUT2D eigenvalue weighted by Gasteiger charge is 2.55. The van der Waals surface area contributed by atoms with Gasteiger partial charge >= 0.3 is 0 Å². The molecule has 394 valence electrons. The van der Waals surface area contributed by atoms with Crippen molar-refractivity contribution in [3.63, 3.8) is 0 Å². The lowest BCUT2D eigenvalue weighted by Gasteiger charge is -2.40. The molecule has 1 heteroatoms. The Morgan fingerprint density at radius 1 is 0.235 bits per heavy atom. The molecule has 4 aliphatic carbocycles. The molecule has 1 aliphatic heterocycles. The van der Waals surface area contributed by atoms with E-state index in [1.165, 1.54) is 117 Å². The molecule has 0 amide bonds. The number of rotatable bonds is 5. The molecular weight excluding hydrogens is 1020 g/mol. The molecule has 0 radical (unpaired) electrons. The van der Waals surface area contributed by atoms with Crippen molar-refractivity contribution in [3.8, 4) is 56.0 Å². The van der Waals surface area contributed by atoms with Crippen molar-refractivity contribution >= 4 is 21.5 Å². The standard InChI is InChI=1S/C84H52O/c1-3-24-56(25-4-1)82(57-26-5-2-6-27-57)68-36-16-13-32-62(68)66-50-54(44-46-73(66)82)78(55-45-47-74-67(51-55)63-33-14-19-39-71(63)83(74)69-37-17-11-30-60(69)61-31-12-18-38-70(61)83)65-35-21-41-75-79(65)64-34-15-20-40-72(64)84(75)76-48-42-52-22-7-9-28-58(52)80(76)85-81-59-29-10-8-23-53(59)43-49-77(81)84/h1-51,78H. The van der Waals surface area contributed by atoms with Crippen LogP contribution in [-0.2, 0) is 16.2 Å². The molecule has 5 aliphatic rings. The average molecular weight is 1080 g/mol. The van der Waals surface area contributed by atoms with Gasteiger partial charge in [0.2, 0.25) is 0 Å². The second-order valence-corrected chi connectivity index (χ2v) is 24.0. The van der Waals surface area contributed by atoms with Gasteiger partial charge in [-0.25, -0.2) is 0 Å². The molecule has 2 spiro atoms. The summed E-state index contributed by atoms with van der Waals surface area (Å²) in [5.74, 6) is 1.64. The molecule has 19 rings (SSSR count). The first-order valence-electron chi connectivity index (χ1n) is 29.9. The average Bonchev–Trinajstić information content (AvgIpc) is 1.65. The maximum absolute atomic E-state index is 7.44. The maximum atomic E-state index is 7.44. The Labute approximate surface area is 494 Å². The van der Waals surface area contributed by atoms with E-state index in [-0.39, 0.29) is 5.92 Å². The second-order valence-electron chi connectivity index (χ2n) is 24.0. The largest absolute Gasteiger partial charge is 0.455 e. The number of ether oxygens (including phenoxy) is 1. The van der Waals surface area contributed by atoms with Crippen LogP contribution in [0.5, 0.6) is 11.5 Å². The molecule has 0 N–H and O–H groups in total. The third-order valence-corrected chi connectivity index (χ3v) is 20.4. The highest BCUT2D eigenvalue weighted by Crippen LogP contribution is 2.67. The number of hydrogen-bond donors (Lipinski definition) is 0. The van der Waals surface area contributed by atoms with Crippen LogP contribution < -0.4 is 4.74 Å². The van der Waals surface area contributed by atoms with Gasteiger partial charge in [-0.3, -0.25) is 0 Å². The van der Waals surface area contributed by atoms with Crippen molar-refractivity contribution in [1.29, 1.82) is 0 Å². The third-order valence-electron chi connectivity index (χ3n) is 20.4. The number of benzene rings is 14. The molecule has 0 bridgehead atoms. The van der Waals surface area contributed by atoms with Crippen LogP contribution in [0.25, 0.3) is 66.1 Å². The number of fused-ring (bicyclic) bond motifs is 26. The van der Waals surface area contributed by atoms with Crippen molar-refractivity contribution in [2.75, 3.05) is 0 Å². The van der Waals surface area contributed by atoms with E-state index in [0.29, 0.717) is 0 Å². The van der Waals surface area contributed by atoms with E-state index in [2.05, 4.69) is 309 Å². The van der Waals surface area contributed by atoms with Crippen molar-refractivity contribution in [2.45, 2.75) is 22.2 Å². The quantitative estimate of drug-likeness (QED) is 0.156. The summed E-state index contributed by atoms with van der Waals surface area (Å²) in [7, 11) is 0. The Kier molecular flexibility index (Phi) is 9.52. The van der Waals surface area contributed by atoms with Crippen LogP contribution in [0.4, 0.5) is 0 Å². The molecule has 14 aromatic carbocycles. The van der Waals surface area contributed by atoms with Gasteiger partial charge < -0.3 is 4.74 Å². The Bertz CT molecular complexity index is 4910. The lowest BCUT2D eigenvalue weighted by Crippen LogP contribution is -2.32. The Balaban J connectivity index is 0.916. The molecule has 0 aromatic heterocycles. The van der Waals surface area contributed by atoms with Gasteiger partial charge in [0.05, 0.1) is 16.2 Å². The summed E-state index contributed by atoms with van der Waals surface area (Å²) in [6.45, 7) is 0. The van der Waals surface area contributed by atoms with Crippen LogP contribution >= 0.6 is 0 Å². The zero-order chi connectivity index (χ0) is 55.6. The zero-order valence-corrected chi connectivity index (χ0v) is 46.4. The van der Waals surface area contributed by atoms with Gasteiger partial charge in [0.15, 0.2) is 0 Å². The summed E-state index contributed by atoms with van der Waals surface area (Å²) in [6, 6.07) is 118. The predicted molar refractivity (Wildman–Crippen MR) is 346 cm³/mol. The van der Waals surface area contributed by atoms with Gasteiger partial charge in [-0.05, 0) is 140 Å². The summed E-state index contributed by atoms with van der Waals surface area (Å²) in [5.41, 5.74) is 27.8. The van der Waals surface area contributed by atoms with Crippen LogP contribution in [-0.4, -0.2) is 0 Å². The van der Waals surface area contributed by atoms with E-state index < -0.39 is 16.2 Å². The summed E-state index contributed by atoms with van der Waals surface area (Å²) in [5, 5.41) is 4.54. The molecule has 14 aromatic rings. The zero-order valence-electron chi connectivity index (χ0n) is 46.4. The maximum Gasteiger partial charge on any atom is 0.140 e. The summed E-state index contributed by atoms with van der Waals surface area (Å²) >= 11 is 0. The smallest absolute Gasteiger partial charge is 0.140 e. The van der Waals surface area contributed by atoms with Crippen molar-refractivity contribution in [2.24, 2.45) is 0 Å². The first kappa shape index (κ1) is 46.9. The lowest BCUT2D eigenvalue weighted by molar-refractivity contribution is 0.447. The molecular formula is C84H52O. The SMILES string of the molecule is c1ccc(C2(c3ccccc3)c3ccccc3-c3cc(C(c4ccc5c(c4)-c4ccccc4C54c5ccccc5-c5ccccc54)c4cccc5c4-c4ccccc4C54c5ccc6ccccc6c5Oc5c4ccc4ccccc54)ccc32)cc1. The van der Waals surface area contributed by atoms with E-state index in [0.717, 1.165) is 44.2 Å². The van der Waals surface area contributed by atoms with Gasteiger partial charge in [-0.1, -0.05) is 297 Å². The van der Waals surface area contributed by atoms with Gasteiger partial charge in [0.25, 0.3) is 0 Å². The van der Waals surface area contributed by atoms with Gasteiger partial charge in [0, 0.05) is 27.8 Å². The molecule has 1 nitrogen and oxygen atoms in total. The van der Waals surface area contributed by atoms with Crippen LogP contribution in [0.1, 0.15) is 89.4 Å². The van der Waals surface area contributed by atoms with E-state index in [4.69, 9.17) is 4.74 Å². The first-order chi connectivity index (χ1) is 42.2. The Morgan fingerprint density at radius 3 is 1.09 bits per heavy atom. The molecule has 1 unspecified atom stereocenters. The van der Waals surface area contributed by atoms with E-state index in [1.54, 1.807) is 0 Å². The Hall–Kier alpha value is -10.6. The topological polar surface area (TPSA) is 9.23 Å². The summed E-state index contributed by atoms with van der Waals surface area (Å²) in [4.78, 5) is 0. The fraction of sp³-hybridized carbons (Fsp3) is 0.0476. The summed E-state index contributed by atoms with van der Waals surface area (Å²) < 4.78 is 7.44. The normalized spacial score (nSPS) is 15.2. The molecule has 1 heterocycles. The molecule has 0 saturated carbocycles. The summed E-state index contributed by atoms with van der Waals surface area (Å²) in [6.07, 6.45) is 0. The fourth-order valence-electron chi connectivity index (χ4n) is 17.2. The fourth-order valence-corrected chi connectivity index (χ4v) is 17.2. The molecule has 1 atom stereocenters. The van der Waals surface area contributed by atoms with Crippen LogP contribution in [0, 0.1) is 0 Å². The van der Waals surface area contributed by atoms with Crippen molar-refractivity contribution < 1.29 is 4.74 Å². The number of hydrogen-bond acceptors (Lipinski definition) is 1. The van der Waals surface area contributed by atoms with E-state index in [1.807, 2.05) is 0 Å². The minimum absolute atomic E-state index is 0.205. The van der Waals surface area contributed by atoms with Gasteiger partial charge in [-0.2, -0.15) is 0 Å². The van der Waals surface area contributed by atoms with Crippen LogP contribution in [0.2, 0.25) is 0 Å². The highest BCUT2D eigenvalue weighted by molar-refractivity contribution is 6.01. The highest BCUT2D eigenvalue weighted by atomic mass is 16.5. The molecule has 0 fully saturated rings. The van der Waals surface area contributed by atoms with E-state index >= 15 is 0 Å². The predicted octanol–water partition coefficient (Wildman–Crippen LogP) is 20.3. The minimum atomic E-state index is -0.710. The first-order valence-corrected chi connectivity index (χ1v) is 29.9. The Morgan fingerprint density at radius 2 is 0.588 bits per heavy atom. The second kappa shape index (κ2) is 17.2. The monoisotopic (exact) mass is 1080 g/mol. The van der Waals surface area contributed by atoms with Gasteiger partial charge in [0.1, 0.15) is 11.5 Å². The minimum Gasteiger partial charge on any atom is -0.455 e. The van der Waals surface area contributed by atoms with E-state index in [9.17, 15) is 0 Å².